The molecule has 1 saturated carbocycles. The Bertz CT molecular complexity index is 350. The zero-order valence-corrected chi connectivity index (χ0v) is 12.3. The standard InChI is InChI=1S/C15H26N2O2/c1-10(2)8-13-15(19)17(7-6-12-4-5-12)11(3)9-14(18)16-13/h10-13H,4-9H2,1-3H3,(H,16,18). The van der Waals surface area contributed by atoms with E-state index in [1.54, 1.807) is 0 Å². The molecule has 2 fully saturated rings. The lowest BCUT2D eigenvalue weighted by molar-refractivity contribution is -0.135. The van der Waals surface area contributed by atoms with Crippen molar-refractivity contribution in [2.24, 2.45) is 11.8 Å². The normalized spacial score (nSPS) is 28.5. The van der Waals surface area contributed by atoms with Gasteiger partial charge in [-0.3, -0.25) is 9.59 Å². The molecule has 0 radical (unpaired) electrons. The Morgan fingerprint density at radius 3 is 2.58 bits per heavy atom. The zero-order valence-electron chi connectivity index (χ0n) is 12.3. The Kier molecular flexibility index (Phi) is 4.48. The van der Waals surface area contributed by atoms with Crippen LogP contribution in [0, 0.1) is 11.8 Å². The summed E-state index contributed by atoms with van der Waals surface area (Å²) in [5.41, 5.74) is 0. The highest BCUT2D eigenvalue weighted by molar-refractivity contribution is 5.90. The van der Waals surface area contributed by atoms with Crippen LogP contribution in [0.2, 0.25) is 0 Å². The van der Waals surface area contributed by atoms with E-state index in [-0.39, 0.29) is 23.9 Å². The van der Waals surface area contributed by atoms with Crippen LogP contribution in [0.25, 0.3) is 0 Å². The lowest BCUT2D eigenvalue weighted by atomic mass is 10.0. The third-order valence-electron chi connectivity index (χ3n) is 4.11. The molecule has 2 amide bonds. The van der Waals surface area contributed by atoms with E-state index < -0.39 is 0 Å². The van der Waals surface area contributed by atoms with Gasteiger partial charge in [-0.1, -0.05) is 26.7 Å². The van der Waals surface area contributed by atoms with Gasteiger partial charge in [-0.2, -0.15) is 0 Å². The summed E-state index contributed by atoms with van der Waals surface area (Å²) in [5, 5.41) is 2.89. The number of carbonyl (C=O) groups is 2. The van der Waals surface area contributed by atoms with Crippen LogP contribution in [-0.4, -0.2) is 35.3 Å². The predicted octanol–water partition coefficient (Wildman–Crippen LogP) is 1.94. The highest BCUT2D eigenvalue weighted by Crippen LogP contribution is 2.33. The summed E-state index contributed by atoms with van der Waals surface area (Å²) in [7, 11) is 0. The first-order valence-electron chi connectivity index (χ1n) is 7.57. The van der Waals surface area contributed by atoms with Gasteiger partial charge in [-0.05, 0) is 31.6 Å². The maximum Gasteiger partial charge on any atom is 0.245 e. The first-order valence-corrected chi connectivity index (χ1v) is 7.57. The van der Waals surface area contributed by atoms with E-state index in [1.807, 2.05) is 11.8 Å². The van der Waals surface area contributed by atoms with E-state index >= 15 is 0 Å². The average molecular weight is 266 g/mol. The summed E-state index contributed by atoms with van der Waals surface area (Å²) in [6.07, 6.45) is 4.88. The Morgan fingerprint density at radius 2 is 2.00 bits per heavy atom. The second-order valence-electron chi connectivity index (χ2n) is 6.57. The van der Waals surface area contributed by atoms with E-state index in [2.05, 4.69) is 19.2 Å². The molecule has 1 aliphatic carbocycles. The fraction of sp³-hybridized carbons (Fsp3) is 0.867. The topological polar surface area (TPSA) is 49.4 Å². The molecule has 2 aliphatic rings. The molecule has 2 rings (SSSR count). The van der Waals surface area contributed by atoms with E-state index in [1.165, 1.54) is 12.8 Å². The highest BCUT2D eigenvalue weighted by atomic mass is 16.2. The Morgan fingerprint density at radius 1 is 1.32 bits per heavy atom. The number of nitrogens with one attached hydrogen (secondary N) is 1. The Hall–Kier alpha value is -1.06. The molecule has 1 aliphatic heterocycles. The number of carbonyl (C=O) groups excluding carboxylic acids is 2. The van der Waals surface area contributed by atoms with Crippen molar-refractivity contribution in [3.63, 3.8) is 0 Å². The molecule has 19 heavy (non-hydrogen) atoms. The molecule has 2 atom stereocenters. The van der Waals surface area contributed by atoms with Gasteiger partial charge >= 0.3 is 0 Å². The van der Waals surface area contributed by atoms with Gasteiger partial charge in [-0.15, -0.1) is 0 Å². The summed E-state index contributed by atoms with van der Waals surface area (Å²) in [6.45, 7) is 6.97. The number of hydrogen-bond acceptors (Lipinski definition) is 2. The van der Waals surface area contributed by atoms with Crippen molar-refractivity contribution in [3.05, 3.63) is 0 Å². The van der Waals surface area contributed by atoms with Gasteiger partial charge < -0.3 is 10.2 Å². The first kappa shape index (κ1) is 14.4. The molecule has 4 heteroatoms. The largest absolute Gasteiger partial charge is 0.344 e. The Balaban J connectivity index is 2.03. The molecular weight excluding hydrogens is 240 g/mol. The molecule has 2 unspecified atom stereocenters. The summed E-state index contributed by atoms with van der Waals surface area (Å²) >= 11 is 0. The third kappa shape index (κ3) is 3.95. The fourth-order valence-corrected chi connectivity index (χ4v) is 2.80. The molecule has 0 spiro atoms. The summed E-state index contributed by atoms with van der Waals surface area (Å²) in [6, 6.07) is -0.292. The second-order valence-corrected chi connectivity index (χ2v) is 6.57. The van der Waals surface area contributed by atoms with E-state index in [9.17, 15) is 9.59 Å². The Labute approximate surface area is 115 Å². The molecule has 4 nitrogen and oxygen atoms in total. The van der Waals surface area contributed by atoms with Crippen LogP contribution in [0.15, 0.2) is 0 Å². The summed E-state index contributed by atoms with van der Waals surface area (Å²) in [4.78, 5) is 26.4. The second kappa shape index (κ2) is 5.93. The van der Waals surface area contributed by atoms with Crippen LogP contribution >= 0.6 is 0 Å². The van der Waals surface area contributed by atoms with E-state index in [4.69, 9.17) is 0 Å². The lowest BCUT2D eigenvalue weighted by Crippen LogP contribution is -2.47. The average Bonchev–Trinajstić information content (AvgIpc) is 3.10. The van der Waals surface area contributed by atoms with Crippen molar-refractivity contribution < 1.29 is 9.59 Å². The van der Waals surface area contributed by atoms with Gasteiger partial charge in [0, 0.05) is 19.0 Å². The molecule has 1 N–H and O–H groups in total. The molecule has 1 saturated heterocycles. The van der Waals surface area contributed by atoms with Gasteiger partial charge in [0.15, 0.2) is 0 Å². The van der Waals surface area contributed by atoms with Crippen molar-refractivity contribution in [1.29, 1.82) is 0 Å². The number of nitrogens with zero attached hydrogens (tertiary/aromatic N) is 1. The van der Waals surface area contributed by atoms with Crippen LogP contribution < -0.4 is 5.32 Å². The van der Waals surface area contributed by atoms with Crippen molar-refractivity contribution in [2.75, 3.05) is 6.54 Å². The van der Waals surface area contributed by atoms with Gasteiger partial charge in [0.1, 0.15) is 6.04 Å². The first-order chi connectivity index (χ1) is 8.97. The predicted molar refractivity (Wildman–Crippen MR) is 74.5 cm³/mol. The fourth-order valence-electron chi connectivity index (χ4n) is 2.80. The lowest BCUT2D eigenvalue weighted by Gasteiger charge is -2.29. The number of hydrogen-bond donors (Lipinski definition) is 1. The van der Waals surface area contributed by atoms with E-state index in [0.717, 1.165) is 25.3 Å². The summed E-state index contributed by atoms with van der Waals surface area (Å²) < 4.78 is 0. The number of rotatable bonds is 5. The minimum absolute atomic E-state index is 0.0143. The van der Waals surface area contributed by atoms with Gasteiger partial charge in [0.2, 0.25) is 11.8 Å². The maximum atomic E-state index is 12.6. The molecule has 108 valence electrons. The quantitative estimate of drug-likeness (QED) is 0.826. The molecule has 0 aromatic rings. The minimum atomic E-state index is -0.323. The van der Waals surface area contributed by atoms with Gasteiger partial charge in [0.25, 0.3) is 0 Å². The highest BCUT2D eigenvalue weighted by Gasteiger charge is 2.34. The van der Waals surface area contributed by atoms with Crippen LogP contribution in [0.1, 0.15) is 52.9 Å². The van der Waals surface area contributed by atoms with Crippen molar-refractivity contribution in [1.82, 2.24) is 10.2 Å². The van der Waals surface area contributed by atoms with E-state index in [0.29, 0.717) is 12.3 Å². The molecule has 1 heterocycles. The zero-order chi connectivity index (χ0) is 14.0. The smallest absolute Gasteiger partial charge is 0.245 e. The maximum absolute atomic E-state index is 12.6. The van der Waals surface area contributed by atoms with Crippen molar-refractivity contribution >= 4 is 11.8 Å². The van der Waals surface area contributed by atoms with Crippen LogP contribution in [-0.2, 0) is 9.59 Å². The van der Waals surface area contributed by atoms with Gasteiger partial charge in [-0.25, -0.2) is 0 Å². The van der Waals surface area contributed by atoms with Crippen molar-refractivity contribution in [2.45, 2.75) is 65.0 Å². The SMILES string of the molecule is CC(C)CC1NC(=O)CC(C)N(CCC2CC2)C1=O. The molecular formula is C15H26N2O2. The molecule has 0 aromatic heterocycles. The van der Waals surface area contributed by atoms with Crippen LogP contribution in [0.4, 0.5) is 0 Å². The molecule has 0 aromatic carbocycles. The van der Waals surface area contributed by atoms with Gasteiger partial charge in [0.05, 0.1) is 0 Å². The van der Waals surface area contributed by atoms with Crippen LogP contribution in [0.3, 0.4) is 0 Å². The molecule has 0 bridgehead atoms. The van der Waals surface area contributed by atoms with Crippen molar-refractivity contribution in [3.8, 4) is 0 Å². The minimum Gasteiger partial charge on any atom is -0.344 e. The monoisotopic (exact) mass is 266 g/mol. The summed E-state index contributed by atoms with van der Waals surface area (Å²) in [5.74, 6) is 1.36. The number of amides is 2. The third-order valence-corrected chi connectivity index (χ3v) is 4.11. The van der Waals surface area contributed by atoms with Crippen LogP contribution in [0.5, 0.6) is 0 Å².